The van der Waals surface area contributed by atoms with Crippen LogP contribution >= 0.6 is 11.8 Å². The summed E-state index contributed by atoms with van der Waals surface area (Å²) in [6.07, 6.45) is 3.55. The van der Waals surface area contributed by atoms with Gasteiger partial charge in [-0.05, 0) is 88.3 Å². The quantitative estimate of drug-likeness (QED) is 0.365. The predicted molar refractivity (Wildman–Crippen MR) is 131 cm³/mol. The van der Waals surface area contributed by atoms with Crippen molar-refractivity contribution in [2.45, 2.75) is 44.3 Å². The third-order valence-electron chi connectivity index (χ3n) is 5.96. The predicted octanol–water partition coefficient (Wildman–Crippen LogP) is 4.89. The van der Waals surface area contributed by atoms with E-state index in [4.69, 9.17) is 0 Å². The van der Waals surface area contributed by atoms with Crippen LogP contribution in [0.2, 0.25) is 0 Å². The number of carbonyl (C=O) groups excluding carboxylic acids is 2. The fraction of sp³-hybridized carbons (Fsp3) is 0.360. The third kappa shape index (κ3) is 5.71. The van der Waals surface area contributed by atoms with Gasteiger partial charge in [0.2, 0.25) is 5.91 Å². The second-order valence-electron chi connectivity index (χ2n) is 8.40. The number of piperidine rings is 1. The number of benzene rings is 2. The van der Waals surface area contributed by atoms with Gasteiger partial charge >= 0.3 is 0 Å². The van der Waals surface area contributed by atoms with E-state index in [0.29, 0.717) is 16.4 Å². The molecular formula is C25H28FN5O2S. The molecule has 1 fully saturated rings. The molecule has 178 valence electrons. The van der Waals surface area contributed by atoms with Gasteiger partial charge < -0.3 is 5.32 Å². The number of amides is 1. The van der Waals surface area contributed by atoms with Crippen LogP contribution in [0.3, 0.4) is 0 Å². The second kappa shape index (κ2) is 10.9. The molecule has 1 saturated heterocycles. The van der Waals surface area contributed by atoms with Gasteiger partial charge in [0.1, 0.15) is 5.82 Å². The first kappa shape index (κ1) is 24.1. The first-order chi connectivity index (χ1) is 16.4. The Morgan fingerprint density at radius 3 is 2.35 bits per heavy atom. The van der Waals surface area contributed by atoms with Crippen LogP contribution in [-0.2, 0) is 4.79 Å². The van der Waals surface area contributed by atoms with Gasteiger partial charge in [-0.1, -0.05) is 18.2 Å². The van der Waals surface area contributed by atoms with Crippen LogP contribution in [-0.4, -0.2) is 50.2 Å². The number of Topliss-reactive ketones (excluding diaryl/α,β-unsaturated/α-hetero) is 1. The average molecular weight is 482 g/mol. The summed E-state index contributed by atoms with van der Waals surface area (Å²) in [5, 5.41) is 12.3. The Bertz CT molecular complexity index is 1140. The van der Waals surface area contributed by atoms with Gasteiger partial charge in [-0.25, -0.2) is 4.39 Å². The number of nitrogens with one attached hydrogen (secondary N) is 1. The highest BCUT2D eigenvalue weighted by molar-refractivity contribution is 7.99. The van der Waals surface area contributed by atoms with E-state index in [9.17, 15) is 14.0 Å². The van der Waals surface area contributed by atoms with Crippen molar-refractivity contribution in [2.75, 3.05) is 24.2 Å². The summed E-state index contributed by atoms with van der Waals surface area (Å²) in [6, 6.07) is 13.1. The zero-order chi connectivity index (χ0) is 24.1. The van der Waals surface area contributed by atoms with E-state index in [1.165, 1.54) is 37.2 Å². The number of hydrogen-bond donors (Lipinski definition) is 1. The van der Waals surface area contributed by atoms with Gasteiger partial charge in [-0.15, -0.1) is 10.2 Å². The molecule has 1 atom stereocenters. The molecule has 0 aliphatic carbocycles. The Morgan fingerprint density at radius 1 is 1.03 bits per heavy atom. The summed E-state index contributed by atoms with van der Waals surface area (Å²) < 4.78 is 15.5. The topological polar surface area (TPSA) is 80.1 Å². The molecule has 1 amide bonds. The highest BCUT2D eigenvalue weighted by Gasteiger charge is 2.26. The van der Waals surface area contributed by atoms with Crippen LogP contribution in [0.1, 0.15) is 55.3 Å². The normalized spacial score (nSPS) is 15.1. The minimum Gasteiger partial charge on any atom is -0.325 e. The van der Waals surface area contributed by atoms with Crippen molar-refractivity contribution in [1.29, 1.82) is 0 Å². The number of rotatable bonds is 8. The number of likely N-dealkylation sites (tertiary alicyclic amines) is 1. The van der Waals surface area contributed by atoms with E-state index < -0.39 is 0 Å². The van der Waals surface area contributed by atoms with Crippen molar-refractivity contribution in [3.05, 3.63) is 65.7 Å². The lowest BCUT2D eigenvalue weighted by Gasteiger charge is -2.31. The van der Waals surface area contributed by atoms with Gasteiger partial charge in [0.15, 0.2) is 16.8 Å². The summed E-state index contributed by atoms with van der Waals surface area (Å²) >= 11 is 1.28. The smallest absolute Gasteiger partial charge is 0.234 e. The van der Waals surface area contributed by atoms with Crippen LogP contribution in [0.4, 0.5) is 10.1 Å². The number of nitrogens with zero attached hydrogens (tertiary/aromatic N) is 4. The standard InChI is InChI=1S/C25H28FN5O2S/c1-17(30-14-4-3-5-15-30)24-28-29-25(31(24)22-12-8-20(26)9-13-22)34-16-23(33)27-21-10-6-19(7-11-21)18(2)32/h6-13,17H,3-5,14-16H2,1-2H3,(H,27,33). The molecule has 1 unspecified atom stereocenters. The molecule has 1 aliphatic rings. The van der Waals surface area contributed by atoms with Gasteiger partial charge in [-0.3, -0.25) is 19.1 Å². The number of hydrogen-bond acceptors (Lipinski definition) is 6. The zero-order valence-electron chi connectivity index (χ0n) is 19.3. The molecule has 7 nitrogen and oxygen atoms in total. The van der Waals surface area contributed by atoms with Gasteiger partial charge in [-0.2, -0.15) is 0 Å². The van der Waals surface area contributed by atoms with Crippen molar-refractivity contribution in [3.63, 3.8) is 0 Å². The molecule has 0 saturated carbocycles. The summed E-state index contributed by atoms with van der Waals surface area (Å²) in [5.41, 5.74) is 1.97. The molecule has 34 heavy (non-hydrogen) atoms. The minimum absolute atomic E-state index is 0.0249. The molecule has 0 bridgehead atoms. The molecule has 0 spiro atoms. The molecule has 4 rings (SSSR count). The minimum atomic E-state index is -0.313. The second-order valence-corrected chi connectivity index (χ2v) is 9.34. The van der Waals surface area contributed by atoms with E-state index >= 15 is 0 Å². The lowest BCUT2D eigenvalue weighted by molar-refractivity contribution is -0.113. The summed E-state index contributed by atoms with van der Waals surface area (Å²) in [5.74, 6) is 0.373. The van der Waals surface area contributed by atoms with E-state index in [-0.39, 0.29) is 29.3 Å². The van der Waals surface area contributed by atoms with Crippen molar-refractivity contribution in [2.24, 2.45) is 0 Å². The van der Waals surface area contributed by atoms with Crippen molar-refractivity contribution in [3.8, 4) is 5.69 Å². The number of ketones is 1. The molecule has 3 aromatic rings. The van der Waals surface area contributed by atoms with Crippen LogP contribution in [0.5, 0.6) is 0 Å². The van der Waals surface area contributed by atoms with E-state index in [1.807, 2.05) is 4.57 Å². The highest BCUT2D eigenvalue weighted by Crippen LogP contribution is 2.29. The van der Waals surface area contributed by atoms with Crippen LogP contribution in [0.15, 0.2) is 53.7 Å². The molecule has 1 aliphatic heterocycles. The maximum atomic E-state index is 13.6. The zero-order valence-corrected chi connectivity index (χ0v) is 20.1. The molecule has 2 heterocycles. The Labute approximate surface area is 202 Å². The van der Waals surface area contributed by atoms with Crippen LogP contribution < -0.4 is 5.32 Å². The Morgan fingerprint density at radius 2 is 1.71 bits per heavy atom. The summed E-state index contributed by atoms with van der Waals surface area (Å²) in [7, 11) is 0. The number of halogens is 1. The van der Waals surface area contributed by atoms with Gasteiger partial charge in [0.05, 0.1) is 11.8 Å². The van der Waals surface area contributed by atoms with E-state index in [0.717, 1.165) is 37.4 Å². The first-order valence-corrected chi connectivity index (χ1v) is 12.4. The molecule has 1 aromatic heterocycles. The number of thioether (sulfide) groups is 1. The number of anilines is 1. The van der Waals surface area contributed by atoms with Crippen molar-refractivity contribution >= 4 is 29.1 Å². The van der Waals surface area contributed by atoms with Crippen molar-refractivity contribution in [1.82, 2.24) is 19.7 Å². The van der Waals surface area contributed by atoms with Gasteiger partial charge in [0, 0.05) is 16.9 Å². The first-order valence-electron chi connectivity index (χ1n) is 11.4. The van der Waals surface area contributed by atoms with Crippen LogP contribution in [0, 0.1) is 5.82 Å². The maximum absolute atomic E-state index is 13.6. The lowest BCUT2D eigenvalue weighted by atomic mass is 10.1. The fourth-order valence-corrected chi connectivity index (χ4v) is 4.82. The highest BCUT2D eigenvalue weighted by atomic mass is 32.2. The molecule has 1 N–H and O–H groups in total. The Balaban J connectivity index is 1.51. The molecule has 9 heteroatoms. The lowest BCUT2D eigenvalue weighted by Crippen LogP contribution is -2.33. The van der Waals surface area contributed by atoms with E-state index in [1.54, 1.807) is 36.4 Å². The van der Waals surface area contributed by atoms with Crippen LogP contribution in [0.25, 0.3) is 5.69 Å². The largest absolute Gasteiger partial charge is 0.325 e. The number of aromatic nitrogens is 3. The molecule has 0 radical (unpaired) electrons. The SMILES string of the molecule is CC(=O)c1ccc(NC(=O)CSc2nnc(C(C)N3CCCCC3)n2-c2ccc(F)cc2)cc1. The fourth-order valence-electron chi connectivity index (χ4n) is 4.06. The maximum Gasteiger partial charge on any atom is 0.234 e. The average Bonchev–Trinajstić information content (AvgIpc) is 3.27. The Hall–Kier alpha value is -3.04. The third-order valence-corrected chi connectivity index (χ3v) is 6.89. The molecular weight excluding hydrogens is 453 g/mol. The Kier molecular flexibility index (Phi) is 7.74. The monoisotopic (exact) mass is 481 g/mol. The summed E-state index contributed by atoms with van der Waals surface area (Å²) in [6.45, 7) is 5.62. The number of carbonyl (C=O) groups is 2. The van der Waals surface area contributed by atoms with Crippen molar-refractivity contribution < 1.29 is 14.0 Å². The van der Waals surface area contributed by atoms with E-state index in [2.05, 4.69) is 27.3 Å². The van der Waals surface area contributed by atoms with Gasteiger partial charge in [0.25, 0.3) is 0 Å². The summed E-state index contributed by atoms with van der Waals surface area (Å²) in [4.78, 5) is 26.4. The molecule has 2 aromatic carbocycles.